The first kappa shape index (κ1) is 21.5. The zero-order valence-electron chi connectivity index (χ0n) is 15.9. The third-order valence-electron chi connectivity index (χ3n) is 5.75. The van der Waals surface area contributed by atoms with Crippen molar-refractivity contribution < 1.29 is 0 Å². The Morgan fingerprint density at radius 2 is 1.85 bits per heavy atom. The molecule has 26 heavy (non-hydrogen) atoms. The summed E-state index contributed by atoms with van der Waals surface area (Å²) in [4.78, 5) is 7.79. The smallest absolute Gasteiger partial charge is 0.127 e. The van der Waals surface area contributed by atoms with Gasteiger partial charge in [-0.15, -0.1) is 24.8 Å². The molecule has 1 N–H and O–H groups in total. The fourth-order valence-electron chi connectivity index (χ4n) is 4.57. The van der Waals surface area contributed by atoms with Crippen LogP contribution in [0.25, 0.3) is 11.0 Å². The van der Waals surface area contributed by atoms with Crippen molar-refractivity contribution in [1.29, 1.82) is 0 Å². The number of fused-ring (bicyclic) bond motifs is 1. The predicted molar refractivity (Wildman–Crippen MR) is 114 cm³/mol. The maximum atomic E-state index is 5.07. The minimum absolute atomic E-state index is 0. The summed E-state index contributed by atoms with van der Waals surface area (Å²) in [5, 5.41) is 3.49. The molecule has 4 rings (SSSR count). The van der Waals surface area contributed by atoms with Gasteiger partial charge in [0, 0.05) is 12.6 Å². The summed E-state index contributed by atoms with van der Waals surface area (Å²) in [5.41, 5.74) is 2.44. The molecule has 2 aromatic rings. The average Bonchev–Trinajstić information content (AvgIpc) is 3.19. The molecule has 1 atom stereocenters. The molecule has 146 valence electrons. The summed E-state index contributed by atoms with van der Waals surface area (Å²) >= 11 is 0. The van der Waals surface area contributed by atoms with Gasteiger partial charge in [-0.2, -0.15) is 0 Å². The number of piperidine rings is 1. The van der Waals surface area contributed by atoms with Gasteiger partial charge in [0.2, 0.25) is 0 Å². The number of halogens is 2. The van der Waals surface area contributed by atoms with Gasteiger partial charge in [0.05, 0.1) is 17.1 Å². The van der Waals surface area contributed by atoms with Gasteiger partial charge in [0.15, 0.2) is 0 Å². The van der Waals surface area contributed by atoms with E-state index in [1.807, 2.05) is 0 Å². The van der Waals surface area contributed by atoms with E-state index in [0.29, 0.717) is 12.1 Å². The molecule has 2 saturated heterocycles. The molecule has 1 aromatic carbocycles. The molecule has 1 aromatic heterocycles. The molecule has 6 heteroatoms. The first-order valence-electron chi connectivity index (χ1n) is 9.65. The lowest BCUT2D eigenvalue weighted by atomic mass is 9.97. The first-order valence-corrected chi connectivity index (χ1v) is 9.65. The number of rotatable bonds is 4. The summed E-state index contributed by atoms with van der Waals surface area (Å²) in [7, 11) is 0. The van der Waals surface area contributed by atoms with Gasteiger partial charge in [-0.25, -0.2) is 4.98 Å². The lowest BCUT2D eigenvalue weighted by Crippen LogP contribution is -2.36. The van der Waals surface area contributed by atoms with Crippen LogP contribution in [0.5, 0.6) is 0 Å². The second-order valence-corrected chi connectivity index (χ2v) is 7.77. The minimum Gasteiger partial charge on any atom is -0.324 e. The SMILES string of the molecule is CC(C)n1c(C2CCCN2CC2CCNCC2)nc2ccccc21.Cl.Cl. The van der Waals surface area contributed by atoms with Crippen LogP contribution in [0.4, 0.5) is 0 Å². The summed E-state index contributed by atoms with van der Waals surface area (Å²) in [6.45, 7) is 9.42. The zero-order chi connectivity index (χ0) is 16.5. The van der Waals surface area contributed by atoms with Crippen LogP contribution in [0.3, 0.4) is 0 Å². The number of benzene rings is 1. The largest absolute Gasteiger partial charge is 0.324 e. The van der Waals surface area contributed by atoms with Gasteiger partial charge >= 0.3 is 0 Å². The Balaban J connectivity index is 0.00000121. The van der Waals surface area contributed by atoms with E-state index in [-0.39, 0.29) is 24.8 Å². The Hall–Kier alpha value is -0.810. The van der Waals surface area contributed by atoms with E-state index in [2.05, 4.69) is 52.9 Å². The molecule has 0 amide bonds. The highest BCUT2D eigenvalue weighted by molar-refractivity contribution is 5.85. The molecule has 1 unspecified atom stereocenters. The Kier molecular flexibility index (Phi) is 7.77. The Morgan fingerprint density at radius 3 is 2.58 bits per heavy atom. The highest BCUT2D eigenvalue weighted by Gasteiger charge is 2.32. The maximum absolute atomic E-state index is 5.07. The van der Waals surface area contributed by atoms with E-state index in [1.165, 1.54) is 63.2 Å². The van der Waals surface area contributed by atoms with Crippen LogP contribution in [0.1, 0.15) is 57.4 Å². The monoisotopic (exact) mass is 398 g/mol. The van der Waals surface area contributed by atoms with E-state index in [0.717, 1.165) is 11.4 Å². The van der Waals surface area contributed by atoms with Crippen LogP contribution >= 0.6 is 24.8 Å². The lowest BCUT2D eigenvalue weighted by molar-refractivity contribution is 0.184. The third-order valence-corrected chi connectivity index (χ3v) is 5.75. The van der Waals surface area contributed by atoms with E-state index < -0.39 is 0 Å². The molecule has 0 spiro atoms. The molecule has 0 bridgehead atoms. The van der Waals surface area contributed by atoms with Crippen molar-refractivity contribution in [3.8, 4) is 0 Å². The summed E-state index contributed by atoms with van der Waals surface area (Å²) in [5.74, 6) is 2.14. The molecule has 2 fully saturated rings. The first-order chi connectivity index (χ1) is 11.7. The Morgan fingerprint density at radius 1 is 1.12 bits per heavy atom. The molecule has 3 heterocycles. The molecular weight excluding hydrogens is 367 g/mol. The molecule has 2 aliphatic rings. The summed E-state index contributed by atoms with van der Waals surface area (Å²) in [6, 6.07) is 9.56. The summed E-state index contributed by atoms with van der Waals surface area (Å²) < 4.78 is 2.47. The van der Waals surface area contributed by atoms with Crippen molar-refractivity contribution in [3.05, 3.63) is 30.1 Å². The highest BCUT2D eigenvalue weighted by atomic mass is 35.5. The fourth-order valence-corrected chi connectivity index (χ4v) is 4.57. The molecule has 2 aliphatic heterocycles. The molecule has 0 saturated carbocycles. The number of imidazole rings is 1. The number of para-hydroxylation sites is 2. The summed E-state index contributed by atoms with van der Waals surface area (Å²) in [6.07, 6.45) is 5.20. The Bertz CT molecular complexity index is 694. The van der Waals surface area contributed by atoms with E-state index in [1.54, 1.807) is 0 Å². The van der Waals surface area contributed by atoms with Crippen molar-refractivity contribution >= 4 is 35.8 Å². The zero-order valence-corrected chi connectivity index (χ0v) is 17.5. The van der Waals surface area contributed by atoms with Gasteiger partial charge in [-0.05, 0) is 77.2 Å². The van der Waals surface area contributed by atoms with Crippen LogP contribution in [-0.4, -0.2) is 40.6 Å². The molecule has 4 nitrogen and oxygen atoms in total. The molecular formula is C20H32Cl2N4. The number of nitrogens with one attached hydrogen (secondary N) is 1. The number of hydrogen-bond donors (Lipinski definition) is 1. The molecule has 0 aliphatic carbocycles. The van der Waals surface area contributed by atoms with Crippen LogP contribution in [0.2, 0.25) is 0 Å². The maximum Gasteiger partial charge on any atom is 0.127 e. The average molecular weight is 399 g/mol. The van der Waals surface area contributed by atoms with Crippen LogP contribution in [-0.2, 0) is 0 Å². The van der Waals surface area contributed by atoms with Gasteiger partial charge < -0.3 is 9.88 Å². The lowest BCUT2D eigenvalue weighted by Gasteiger charge is -2.31. The normalized spacial score (nSPS) is 21.7. The van der Waals surface area contributed by atoms with E-state index in [9.17, 15) is 0 Å². The van der Waals surface area contributed by atoms with Gasteiger partial charge in [-0.1, -0.05) is 12.1 Å². The van der Waals surface area contributed by atoms with Crippen LogP contribution in [0.15, 0.2) is 24.3 Å². The number of hydrogen-bond acceptors (Lipinski definition) is 3. The van der Waals surface area contributed by atoms with Crippen molar-refractivity contribution in [2.45, 2.75) is 51.6 Å². The third kappa shape index (κ3) is 4.19. The number of nitrogens with zero attached hydrogens (tertiary/aromatic N) is 3. The standard InChI is InChI=1S/C20H30N4.2ClH/c1-15(2)24-18-7-4-3-6-17(18)22-20(24)19-8-5-13-23(19)14-16-9-11-21-12-10-16;;/h3-4,6-7,15-16,19,21H,5,8-14H2,1-2H3;2*1H. The second-order valence-electron chi connectivity index (χ2n) is 7.77. The van der Waals surface area contributed by atoms with Crippen LogP contribution < -0.4 is 5.32 Å². The van der Waals surface area contributed by atoms with E-state index >= 15 is 0 Å². The van der Waals surface area contributed by atoms with Crippen LogP contribution in [0, 0.1) is 5.92 Å². The van der Waals surface area contributed by atoms with Crippen molar-refractivity contribution in [2.24, 2.45) is 5.92 Å². The highest BCUT2D eigenvalue weighted by Crippen LogP contribution is 2.36. The number of likely N-dealkylation sites (tertiary alicyclic amines) is 1. The van der Waals surface area contributed by atoms with Crippen molar-refractivity contribution in [3.63, 3.8) is 0 Å². The van der Waals surface area contributed by atoms with Gasteiger partial charge in [-0.3, -0.25) is 4.90 Å². The topological polar surface area (TPSA) is 33.1 Å². The van der Waals surface area contributed by atoms with Crippen molar-refractivity contribution in [1.82, 2.24) is 19.8 Å². The van der Waals surface area contributed by atoms with Gasteiger partial charge in [0.1, 0.15) is 5.82 Å². The predicted octanol–water partition coefficient (Wildman–Crippen LogP) is 4.60. The fraction of sp³-hybridized carbons (Fsp3) is 0.650. The van der Waals surface area contributed by atoms with E-state index in [4.69, 9.17) is 4.98 Å². The second kappa shape index (κ2) is 9.41. The molecule has 0 radical (unpaired) electrons. The number of aromatic nitrogens is 2. The van der Waals surface area contributed by atoms with Gasteiger partial charge in [0.25, 0.3) is 0 Å². The Labute approximate surface area is 169 Å². The van der Waals surface area contributed by atoms with Crippen molar-refractivity contribution in [2.75, 3.05) is 26.2 Å². The quantitative estimate of drug-likeness (QED) is 0.816. The minimum atomic E-state index is 0.